The summed E-state index contributed by atoms with van der Waals surface area (Å²) in [6.45, 7) is 1.12. The normalized spacial score (nSPS) is 18.5. The number of likely N-dealkylation sites (tertiary alicyclic amines) is 1. The average Bonchev–Trinajstić information content (AvgIpc) is 3.11. The lowest BCUT2D eigenvalue weighted by Crippen LogP contribution is -2.34. The van der Waals surface area contributed by atoms with Crippen LogP contribution in [0.3, 0.4) is 0 Å². The van der Waals surface area contributed by atoms with E-state index >= 15 is 0 Å². The molecule has 1 atom stereocenters. The summed E-state index contributed by atoms with van der Waals surface area (Å²) in [6.07, 6.45) is -2.30. The Hall–Kier alpha value is -2.54. The van der Waals surface area contributed by atoms with Crippen LogP contribution in [-0.4, -0.2) is 35.8 Å². The first-order valence-corrected chi connectivity index (χ1v) is 9.32. The molecule has 2 aromatic carbocycles. The molecule has 3 aromatic rings. The molecule has 1 aromatic heterocycles. The van der Waals surface area contributed by atoms with Crippen molar-refractivity contribution in [1.29, 1.82) is 0 Å². The molecule has 1 unspecified atom stereocenters. The number of hydrogen-bond donors (Lipinski definition) is 0. The molecule has 7 heteroatoms. The highest BCUT2D eigenvalue weighted by Crippen LogP contribution is 2.30. The maximum atomic E-state index is 12.3. The molecule has 1 fully saturated rings. The van der Waals surface area contributed by atoms with Crippen LogP contribution >= 0.6 is 0 Å². The van der Waals surface area contributed by atoms with Crippen LogP contribution in [0.25, 0.3) is 11.1 Å². The third kappa shape index (κ3) is 4.65. The van der Waals surface area contributed by atoms with Gasteiger partial charge < -0.3 is 9.15 Å². The van der Waals surface area contributed by atoms with Gasteiger partial charge in [0.15, 0.2) is 18.1 Å². The number of rotatable bonds is 5. The van der Waals surface area contributed by atoms with Crippen LogP contribution in [0.5, 0.6) is 5.75 Å². The van der Waals surface area contributed by atoms with Gasteiger partial charge in [-0.1, -0.05) is 24.3 Å². The first-order chi connectivity index (χ1) is 13.5. The molecule has 0 radical (unpaired) electrons. The minimum Gasteiger partial charge on any atom is -0.484 e. The van der Waals surface area contributed by atoms with Crippen LogP contribution in [0.4, 0.5) is 13.2 Å². The van der Waals surface area contributed by atoms with E-state index in [1.807, 2.05) is 30.3 Å². The van der Waals surface area contributed by atoms with Gasteiger partial charge in [0.05, 0.1) is 0 Å². The lowest BCUT2D eigenvalue weighted by molar-refractivity contribution is -0.153. The average molecular weight is 390 g/mol. The Morgan fingerprint density at radius 3 is 2.82 bits per heavy atom. The molecule has 1 aliphatic heterocycles. The molecule has 28 heavy (non-hydrogen) atoms. The first kappa shape index (κ1) is 18.8. The number of halogens is 3. The smallest absolute Gasteiger partial charge is 0.422 e. The zero-order chi connectivity index (χ0) is 19.6. The molecule has 0 bridgehead atoms. The summed E-state index contributed by atoms with van der Waals surface area (Å²) in [6, 6.07) is 14.6. The summed E-state index contributed by atoms with van der Waals surface area (Å²) in [7, 11) is 0. The number of para-hydroxylation sites is 2. The van der Waals surface area contributed by atoms with Crippen LogP contribution in [-0.2, 0) is 6.54 Å². The van der Waals surface area contributed by atoms with Crippen LogP contribution in [0.2, 0.25) is 0 Å². The Morgan fingerprint density at radius 1 is 1.14 bits per heavy atom. The predicted molar refractivity (Wildman–Crippen MR) is 99.3 cm³/mol. The van der Waals surface area contributed by atoms with Crippen molar-refractivity contribution in [2.75, 3.05) is 19.7 Å². The van der Waals surface area contributed by atoms with Crippen molar-refractivity contribution < 1.29 is 22.3 Å². The monoisotopic (exact) mass is 390 g/mol. The van der Waals surface area contributed by atoms with Gasteiger partial charge in [-0.2, -0.15) is 13.2 Å². The van der Waals surface area contributed by atoms with E-state index in [-0.39, 0.29) is 11.7 Å². The van der Waals surface area contributed by atoms with E-state index in [1.165, 1.54) is 0 Å². The number of ether oxygens (including phenoxy) is 1. The van der Waals surface area contributed by atoms with Gasteiger partial charge in [0.1, 0.15) is 11.3 Å². The summed E-state index contributed by atoms with van der Waals surface area (Å²) in [5.41, 5.74) is 2.59. The number of hydrogen-bond acceptors (Lipinski definition) is 4. The van der Waals surface area contributed by atoms with Crippen LogP contribution in [0.1, 0.15) is 30.2 Å². The number of fused-ring (bicyclic) bond motifs is 1. The molecule has 0 amide bonds. The minimum atomic E-state index is -4.34. The highest BCUT2D eigenvalue weighted by atomic mass is 19.4. The van der Waals surface area contributed by atoms with Crippen molar-refractivity contribution in [3.05, 3.63) is 60.0 Å². The number of aromatic nitrogens is 1. The number of nitrogens with zero attached hydrogens (tertiary/aromatic N) is 2. The number of alkyl halides is 3. The molecule has 1 saturated heterocycles. The second kappa shape index (κ2) is 7.83. The number of piperidine rings is 1. The fraction of sp³-hybridized carbons (Fsp3) is 0.381. The Balaban J connectivity index is 1.41. The van der Waals surface area contributed by atoms with Gasteiger partial charge in [-0.05, 0) is 49.2 Å². The third-order valence-electron chi connectivity index (χ3n) is 4.87. The SMILES string of the molecule is FC(F)(F)COc1cccc(CN2CCCC(c3nc4ccccc4o3)C2)c1. The number of oxazole rings is 1. The molecule has 0 N–H and O–H groups in total. The molecule has 0 spiro atoms. The lowest BCUT2D eigenvalue weighted by atomic mass is 9.97. The molecule has 2 heterocycles. The summed E-state index contributed by atoms with van der Waals surface area (Å²) in [5, 5.41) is 0. The van der Waals surface area contributed by atoms with E-state index in [4.69, 9.17) is 9.15 Å². The summed E-state index contributed by atoms with van der Waals surface area (Å²) < 4.78 is 47.8. The summed E-state index contributed by atoms with van der Waals surface area (Å²) in [5.74, 6) is 1.21. The molecule has 0 saturated carbocycles. The van der Waals surface area contributed by atoms with E-state index in [0.29, 0.717) is 6.54 Å². The van der Waals surface area contributed by atoms with Gasteiger partial charge in [0.25, 0.3) is 0 Å². The maximum Gasteiger partial charge on any atom is 0.422 e. The fourth-order valence-corrected chi connectivity index (χ4v) is 3.62. The van der Waals surface area contributed by atoms with Gasteiger partial charge in [-0.15, -0.1) is 0 Å². The Bertz CT molecular complexity index is 906. The maximum absolute atomic E-state index is 12.3. The van der Waals surface area contributed by atoms with Gasteiger partial charge >= 0.3 is 6.18 Å². The Labute approximate surface area is 160 Å². The molecular formula is C21H21F3N2O2. The van der Waals surface area contributed by atoms with Gasteiger partial charge in [0, 0.05) is 19.0 Å². The van der Waals surface area contributed by atoms with Crippen molar-refractivity contribution in [2.24, 2.45) is 0 Å². The topological polar surface area (TPSA) is 38.5 Å². The van der Waals surface area contributed by atoms with E-state index < -0.39 is 12.8 Å². The minimum absolute atomic E-state index is 0.214. The molecule has 4 rings (SSSR count). The van der Waals surface area contributed by atoms with Gasteiger partial charge in [-0.3, -0.25) is 4.90 Å². The van der Waals surface area contributed by atoms with Gasteiger partial charge in [0.2, 0.25) is 0 Å². The Morgan fingerprint density at radius 2 is 2.00 bits per heavy atom. The second-order valence-electron chi connectivity index (χ2n) is 7.15. The van der Waals surface area contributed by atoms with E-state index in [9.17, 15) is 13.2 Å². The molecule has 1 aliphatic rings. The first-order valence-electron chi connectivity index (χ1n) is 9.32. The molecular weight excluding hydrogens is 369 g/mol. The molecule has 148 valence electrons. The van der Waals surface area contributed by atoms with Crippen molar-refractivity contribution in [3.63, 3.8) is 0 Å². The largest absolute Gasteiger partial charge is 0.484 e. The van der Waals surface area contributed by atoms with Crippen molar-refractivity contribution in [2.45, 2.75) is 31.5 Å². The third-order valence-corrected chi connectivity index (χ3v) is 4.87. The zero-order valence-electron chi connectivity index (χ0n) is 15.3. The lowest BCUT2D eigenvalue weighted by Gasteiger charge is -2.31. The predicted octanol–water partition coefficient (Wildman–Crippen LogP) is 5.15. The van der Waals surface area contributed by atoms with Crippen molar-refractivity contribution >= 4 is 11.1 Å². The summed E-state index contributed by atoms with van der Waals surface area (Å²) in [4.78, 5) is 6.90. The van der Waals surface area contributed by atoms with Crippen molar-refractivity contribution in [1.82, 2.24) is 9.88 Å². The molecule has 0 aliphatic carbocycles. The van der Waals surface area contributed by atoms with E-state index in [0.717, 1.165) is 48.5 Å². The highest BCUT2D eigenvalue weighted by Gasteiger charge is 2.28. The molecule has 4 nitrogen and oxygen atoms in total. The quantitative estimate of drug-likeness (QED) is 0.604. The Kier molecular flexibility index (Phi) is 5.26. The highest BCUT2D eigenvalue weighted by molar-refractivity contribution is 5.72. The second-order valence-corrected chi connectivity index (χ2v) is 7.15. The van der Waals surface area contributed by atoms with Crippen LogP contribution < -0.4 is 4.74 Å². The number of benzene rings is 2. The van der Waals surface area contributed by atoms with E-state index in [1.54, 1.807) is 18.2 Å². The standard InChI is InChI=1S/C21H21F3N2O2/c22-21(23,24)14-27-17-7-3-5-15(11-17)12-26-10-4-6-16(13-26)20-25-18-8-1-2-9-19(18)28-20/h1-3,5,7-9,11,16H,4,6,10,12-14H2. The van der Waals surface area contributed by atoms with Crippen molar-refractivity contribution in [3.8, 4) is 5.75 Å². The van der Waals surface area contributed by atoms with E-state index in [2.05, 4.69) is 9.88 Å². The van der Waals surface area contributed by atoms with Gasteiger partial charge in [-0.25, -0.2) is 4.98 Å². The van der Waals surface area contributed by atoms with Crippen LogP contribution in [0, 0.1) is 0 Å². The zero-order valence-corrected chi connectivity index (χ0v) is 15.3. The summed E-state index contributed by atoms with van der Waals surface area (Å²) >= 11 is 0. The van der Waals surface area contributed by atoms with Crippen LogP contribution in [0.15, 0.2) is 52.9 Å². The fourth-order valence-electron chi connectivity index (χ4n) is 3.62.